The molecule has 0 saturated carbocycles. The van der Waals surface area contributed by atoms with Crippen LogP contribution in [0.3, 0.4) is 0 Å². The molecule has 46 heavy (non-hydrogen) atoms. The fourth-order valence-electron chi connectivity index (χ4n) is 7.50. The molecule has 3 aromatic heterocycles. The molecule has 3 heteroatoms. The number of rotatable bonds is 3. The van der Waals surface area contributed by atoms with Gasteiger partial charge < -0.3 is 9.13 Å². The first-order chi connectivity index (χ1) is 22.8. The van der Waals surface area contributed by atoms with Crippen molar-refractivity contribution in [2.45, 2.75) is 0 Å². The third-order valence-electron chi connectivity index (χ3n) is 9.53. The van der Waals surface area contributed by atoms with Crippen molar-refractivity contribution in [3.8, 4) is 22.5 Å². The van der Waals surface area contributed by atoms with Crippen molar-refractivity contribution >= 4 is 65.3 Å². The minimum atomic E-state index is 1.03. The molecule has 7 aromatic carbocycles. The van der Waals surface area contributed by atoms with Crippen LogP contribution in [0.15, 0.2) is 164 Å². The van der Waals surface area contributed by atoms with Gasteiger partial charge >= 0.3 is 0 Å². The van der Waals surface area contributed by atoms with Crippen molar-refractivity contribution in [1.29, 1.82) is 0 Å². The Bertz CT molecular complexity index is 2800. The van der Waals surface area contributed by atoms with Gasteiger partial charge in [0.1, 0.15) is 0 Å². The van der Waals surface area contributed by atoms with Crippen molar-refractivity contribution in [3.63, 3.8) is 0 Å². The molecule has 3 nitrogen and oxygen atoms in total. The summed E-state index contributed by atoms with van der Waals surface area (Å²) in [5, 5.41) is 8.51. The molecule has 214 valence electrons. The van der Waals surface area contributed by atoms with Crippen LogP contribution in [0, 0.1) is 0 Å². The zero-order valence-electron chi connectivity index (χ0n) is 24.9. The quantitative estimate of drug-likeness (QED) is 0.189. The zero-order valence-corrected chi connectivity index (χ0v) is 24.9. The Kier molecular flexibility index (Phi) is 5.28. The second kappa shape index (κ2) is 9.65. The van der Waals surface area contributed by atoms with E-state index in [0.29, 0.717) is 0 Å². The molecule has 0 aliphatic carbocycles. The summed E-state index contributed by atoms with van der Waals surface area (Å²) in [6.07, 6.45) is 1.89. The van der Waals surface area contributed by atoms with Crippen molar-refractivity contribution in [2.24, 2.45) is 0 Å². The number of pyridine rings is 1. The first-order valence-corrected chi connectivity index (χ1v) is 15.7. The topological polar surface area (TPSA) is 22.8 Å². The number of aromatic nitrogens is 3. The molecule has 0 aliphatic rings. The molecule has 10 rings (SSSR count). The van der Waals surface area contributed by atoms with Gasteiger partial charge in [0.2, 0.25) is 0 Å². The molecule has 0 fully saturated rings. The van der Waals surface area contributed by atoms with Gasteiger partial charge in [0.15, 0.2) is 0 Å². The first kappa shape index (κ1) is 25.2. The Labute approximate surface area is 265 Å². The minimum absolute atomic E-state index is 1.03. The number of hydrogen-bond donors (Lipinski definition) is 0. The van der Waals surface area contributed by atoms with Gasteiger partial charge in [-0.1, -0.05) is 97.1 Å². The summed E-state index contributed by atoms with van der Waals surface area (Å²) < 4.78 is 4.79. The minimum Gasteiger partial charge on any atom is -0.309 e. The van der Waals surface area contributed by atoms with Crippen molar-refractivity contribution < 1.29 is 0 Å². The Morgan fingerprint density at radius 1 is 0.391 bits per heavy atom. The average Bonchev–Trinajstić information content (AvgIpc) is 3.64. The second-order valence-electron chi connectivity index (χ2n) is 12.0. The maximum absolute atomic E-state index is 4.85. The van der Waals surface area contributed by atoms with Crippen LogP contribution in [-0.2, 0) is 0 Å². The van der Waals surface area contributed by atoms with Crippen LogP contribution in [0.4, 0.5) is 0 Å². The maximum Gasteiger partial charge on any atom is 0.0801 e. The summed E-state index contributed by atoms with van der Waals surface area (Å²) in [5.74, 6) is 0. The van der Waals surface area contributed by atoms with Gasteiger partial charge in [0.05, 0.1) is 33.3 Å². The van der Waals surface area contributed by atoms with E-state index in [1.165, 1.54) is 71.2 Å². The number of fused-ring (bicyclic) bond motifs is 9. The fourth-order valence-corrected chi connectivity index (χ4v) is 7.50. The zero-order chi connectivity index (χ0) is 30.2. The molecule has 0 amide bonds. The summed E-state index contributed by atoms with van der Waals surface area (Å²) in [6, 6.07) is 57.0. The standard InChI is InChI=1S/C43H27N3/c1-2-12-32(13-3-1)45-37-16-6-4-14-33(37)35-26-30(21-23-39(35)45)31-22-24-40-36(27-31)34-15-5-7-17-38(34)46(40)41-18-8-10-28-19-20-29-11-9-25-44-43(29)42(28)41/h1-27H. The van der Waals surface area contributed by atoms with Gasteiger partial charge in [-0.3, -0.25) is 4.98 Å². The summed E-state index contributed by atoms with van der Waals surface area (Å²) in [4.78, 5) is 4.85. The summed E-state index contributed by atoms with van der Waals surface area (Å²) in [6.45, 7) is 0. The third-order valence-corrected chi connectivity index (χ3v) is 9.53. The van der Waals surface area contributed by atoms with E-state index in [0.717, 1.165) is 16.6 Å². The lowest BCUT2D eigenvalue weighted by Crippen LogP contribution is -1.96. The highest BCUT2D eigenvalue weighted by Crippen LogP contribution is 2.40. The van der Waals surface area contributed by atoms with Crippen LogP contribution in [0.1, 0.15) is 0 Å². The van der Waals surface area contributed by atoms with E-state index in [9.17, 15) is 0 Å². The van der Waals surface area contributed by atoms with E-state index in [2.05, 4.69) is 161 Å². The lowest BCUT2D eigenvalue weighted by atomic mass is 10.0. The number of para-hydroxylation sites is 3. The monoisotopic (exact) mass is 585 g/mol. The van der Waals surface area contributed by atoms with E-state index >= 15 is 0 Å². The fraction of sp³-hybridized carbons (Fsp3) is 0. The van der Waals surface area contributed by atoms with Crippen molar-refractivity contribution in [2.75, 3.05) is 0 Å². The average molecular weight is 586 g/mol. The smallest absolute Gasteiger partial charge is 0.0801 e. The van der Waals surface area contributed by atoms with Crippen LogP contribution >= 0.6 is 0 Å². The van der Waals surface area contributed by atoms with Crippen molar-refractivity contribution in [3.05, 3.63) is 164 Å². The summed E-state index contributed by atoms with van der Waals surface area (Å²) in [7, 11) is 0. The van der Waals surface area contributed by atoms with E-state index in [1.807, 2.05) is 12.3 Å². The van der Waals surface area contributed by atoms with Crippen molar-refractivity contribution in [1.82, 2.24) is 14.1 Å². The molecule has 3 heterocycles. The lowest BCUT2D eigenvalue weighted by molar-refractivity contribution is 1.18. The van der Waals surface area contributed by atoms with Gasteiger partial charge in [0.25, 0.3) is 0 Å². The van der Waals surface area contributed by atoms with Crippen LogP contribution in [0.25, 0.3) is 87.8 Å². The molecular formula is C43H27N3. The summed E-state index contributed by atoms with van der Waals surface area (Å²) >= 11 is 0. The highest BCUT2D eigenvalue weighted by atomic mass is 15.0. The van der Waals surface area contributed by atoms with Gasteiger partial charge in [-0.2, -0.15) is 0 Å². The number of benzene rings is 7. The molecule has 10 aromatic rings. The molecule has 0 aliphatic heterocycles. The Balaban J connectivity index is 1.21. The van der Waals surface area contributed by atoms with Gasteiger partial charge in [-0.05, 0) is 77.2 Å². The summed E-state index contributed by atoms with van der Waals surface area (Å²) in [5.41, 5.74) is 10.6. The molecule has 0 spiro atoms. The van der Waals surface area contributed by atoms with Crippen LogP contribution in [-0.4, -0.2) is 14.1 Å². The molecule has 0 radical (unpaired) electrons. The van der Waals surface area contributed by atoms with Crippen LogP contribution in [0.5, 0.6) is 0 Å². The van der Waals surface area contributed by atoms with E-state index in [4.69, 9.17) is 4.98 Å². The normalized spacial score (nSPS) is 11.9. The molecule has 0 bridgehead atoms. The van der Waals surface area contributed by atoms with Gasteiger partial charge in [0, 0.05) is 44.2 Å². The molecule has 0 unspecified atom stereocenters. The highest BCUT2D eigenvalue weighted by molar-refractivity contribution is 6.15. The molecular weight excluding hydrogens is 558 g/mol. The SMILES string of the molecule is c1ccc(-n2c3ccccc3c3cc(-c4ccc5c(c4)c4ccccc4n5-c4cccc5ccc6cccnc6c45)ccc32)cc1. The Morgan fingerprint density at radius 3 is 1.72 bits per heavy atom. The van der Waals surface area contributed by atoms with E-state index in [-0.39, 0.29) is 0 Å². The Hall–Kier alpha value is -6.19. The van der Waals surface area contributed by atoms with Gasteiger partial charge in [-0.25, -0.2) is 0 Å². The van der Waals surface area contributed by atoms with Crippen LogP contribution in [0.2, 0.25) is 0 Å². The van der Waals surface area contributed by atoms with Crippen LogP contribution < -0.4 is 0 Å². The highest BCUT2D eigenvalue weighted by Gasteiger charge is 2.18. The van der Waals surface area contributed by atoms with E-state index in [1.54, 1.807) is 0 Å². The first-order valence-electron chi connectivity index (χ1n) is 15.7. The molecule has 0 saturated heterocycles. The third kappa shape index (κ3) is 3.57. The lowest BCUT2D eigenvalue weighted by Gasteiger charge is -2.13. The predicted octanol–water partition coefficient (Wildman–Crippen LogP) is 11.2. The second-order valence-corrected chi connectivity index (χ2v) is 12.0. The maximum atomic E-state index is 4.85. The number of hydrogen-bond acceptors (Lipinski definition) is 1. The van der Waals surface area contributed by atoms with Gasteiger partial charge in [-0.15, -0.1) is 0 Å². The molecule has 0 N–H and O–H groups in total. The molecule has 0 atom stereocenters. The van der Waals surface area contributed by atoms with E-state index < -0.39 is 0 Å². The predicted molar refractivity (Wildman–Crippen MR) is 193 cm³/mol. The largest absolute Gasteiger partial charge is 0.309 e. The number of nitrogens with zero attached hydrogens (tertiary/aromatic N) is 3. The Morgan fingerprint density at radius 2 is 0.978 bits per heavy atom.